The van der Waals surface area contributed by atoms with Crippen molar-refractivity contribution in [3.63, 3.8) is 0 Å². The molecule has 4 fully saturated rings. The quantitative estimate of drug-likeness (QED) is 0.203. The van der Waals surface area contributed by atoms with Crippen LogP contribution in [0.5, 0.6) is 0 Å². The van der Waals surface area contributed by atoms with Crippen molar-refractivity contribution >= 4 is 29.5 Å². The van der Waals surface area contributed by atoms with Crippen molar-refractivity contribution in [1.82, 2.24) is 0 Å². The van der Waals surface area contributed by atoms with E-state index in [1.54, 1.807) is 20.8 Å². The van der Waals surface area contributed by atoms with Gasteiger partial charge in [-0.1, -0.05) is 54.5 Å². The van der Waals surface area contributed by atoms with Crippen molar-refractivity contribution in [3.05, 3.63) is 11.6 Å². The molecule has 13 unspecified atom stereocenters. The zero-order valence-corrected chi connectivity index (χ0v) is 28.7. The third-order valence-corrected chi connectivity index (χ3v) is 12.4. The van der Waals surface area contributed by atoms with E-state index in [9.17, 15) is 34.2 Å². The van der Waals surface area contributed by atoms with Crippen LogP contribution in [0.3, 0.4) is 0 Å². The zero-order valence-electron chi connectivity index (χ0n) is 28.7. The lowest BCUT2D eigenvalue weighted by molar-refractivity contribution is -0.248. The highest BCUT2D eigenvalue weighted by Gasteiger charge is 2.93. The molecule has 11 heteroatoms. The van der Waals surface area contributed by atoms with E-state index in [1.807, 2.05) is 27.7 Å². The molecule has 46 heavy (non-hydrogen) atoms. The van der Waals surface area contributed by atoms with Crippen molar-refractivity contribution in [3.8, 4) is 0 Å². The molecule has 5 rings (SSSR count). The summed E-state index contributed by atoms with van der Waals surface area (Å²) in [5, 5.41) is 25.9. The minimum atomic E-state index is -2.45. The fraction of sp³-hybridized carbons (Fsp3) is 0.800. The molecule has 4 aliphatic carbocycles. The van der Waals surface area contributed by atoms with E-state index in [1.165, 1.54) is 19.9 Å². The number of carbonyl (C=O) groups excluding carboxylic acids is 5. The van der Waals surface area contributed by atoms with Crippen LogP contribution in [-0.2, 0) is 42.9 Å². The van der Waals surface area contributed by atoms with Crippen LogP contribution < -0.4 is 0 Å². The molecule has 2 N–H and O–H groups in total. The van der Waals surface area contributed by atoms with Crippen LogP contribution in [0.15, 0.2) is 11.6 Å². The highest BCUT2D eigenvalue weighted by Crippen LogP contribution is 2.80. The van der Waals surface area contributed by atoms with E-state index >= 15 is 0 Å². The fourth-order valence-corrected chi connectivity index (χ4v) is 9.33. The molecule has 0 bridgehead atoms. The Morgan fingerprint density at radius 2 is 1.59 bits per heavy atom. The summed E-state index contributed by atoms with van der Waals surface area (Å²) in [6.45, 7) is 16.8. The number of Topliss-reactive ketones (excluding diaryl/α,β-unsaturated/α-hetero) is 2. The Bertz CT molecular complexity index is 1380. The Hall–Kier alpha value is -2.63. The molecule has 0 radical (unpaired) electrons. The van der Waals surface area contributed by atoms with E-state index in [0.29, 0.717) is 12.8 Å². The Kier molecular flexibility index (Phi) is 8.26. The molecule has 11 nitrogen and oxygen atoms in total. The maximum atomic E-state index is 14.0. The number of epoxide rings is 1. The molecule has 0 spiro atoms. The summed E-state index contributed by atoms with van der Waals surface area (Å²) >= 11 is 0. The molecule has 0 aromatic rings. The predicted octanol–water partition coefficient (Wildman–Crippen LogP) is 3.25. The standard InChI is InChI=1S/C35H50O11/c1-11-16(3)28(39)44-26-20(7)33(41)22-15-18(5)25(38)34(22,42)30(43-21(8)37)32(14-13-19(6)36)27(45-32)23(33)24-31(9,10)35(24,26)46-29(40)17(4)12-2/h15-17,20,22-24,26-27,30,41-42H,11-14H2,1-10H3. The number of ether oxygens (including phenoxy) is 4. The third kappa shape index (κ3) is 4.36. The van der Waals surface area contributed by atoms with Crippen molar-refractivity contribution in [2.45, 2.75) is 136 Å². The van der Waals surface area contributed by atoms with E-state index in [2.05, 4.69) is 0 Å². The second-order valence-electron chi connectivity index (χ2n) is 15.3. The van der Waals surface area contributed by atoms with Crippen LogP contribution in [0.1, 0.15) is 94.9 Å². The van der Waals surface area contributed by atoms with Gasteiger partial charge in [0.25, 0.3) is 0 Å². The molecule has 13 atom stereocenters. The second-order valence-corrected chi connectivity index (χ2v) is 15.3. The predicted molar refractivity (Wildman–Crippen MR) is 163 cm³/mol. The molecule has 0 amide bonds. The number of ketones is 2. The Morgan fingerprint density at radius 1 is 1.00 bits per heavy atom. The number of esters is 3. The molecule has 5 aliphatic rings. The van der Waals surface area contributed by atoms with E-state index in [0.717, 1.165) is 6.92 Å². The summed E-state index contributed by atoms with van der Waals surface area (Å²) in [5.41, 5.74) is -7.96. The Labute approximate surface area is 270 Å². The highest BCUT2D eigenvalue weighted by molar-refractivity contribution is 6.05. The van der Waals surface area contributed by atoms with Gasteiger partial charge in [0.15, 0.2) is 23.1 Å². The lowest BCUT2D eigenvalue weighted by Gasteiger charge is -2.54. The van der Waals surface area contributed by atoms with Gasteiger partial charge in [0.05, 0.1) is 23.5 Å². The smallest absolute Gasteiger partial charge is 0.309 e. The normalized spacial score (nSPS) is 44.1. The van der Waals surface area contributed by atoms with Gasteiger partial charge in [-0.2, -0.15) is 0 Å². The summed E-state index contributed by atoms with van der Waals surface area (Å²) in [6, 6.07) is 0. The van der Waals surface area contributed by atoms with Gasteiger partial charge in [0.2, 0.25) is 0 Å². The van der Waals surface area contributed by atoms with Crippen LogP contribution in [0.25, 0.3) is 0 Å². The number of fused-ring (bicyclic) bond motifs is 7. The first-order valence-electron chi connectivity index (χ1n) is 16.7. The summed E-state index contributed by atoms with van der Waals surface area (Å²) in [7, 11) is 0. The Morgan fingerprint density at radius 3 is 2.13 bits per heavy atom. The first kappa shape index (κ1) is 34.7. The van der Waals surface area contributed by atoms with Crippen molar-refractivity contribution in [2.75, 3.05) is 0 Å². The number of hydrogen-bond donors (Lipinski definition) is 2. The number of hydrogen-bond acceptors (Lipinski definition) is 11. The number of carbonyl (C=O) groups is 5. The zero-order chi connectivity index (χ0) is 34.5. The number of rotatable bonds is 10. The summed E-state index contributed by atoms with van der Waals surface area (Å²) in [5.74, 6) is -7.39. The molecule has 1 saturated heterocycles. The first-order chi connectivity index (χ1) is 21.2. The molecule has 0 aromatic heterocycles. The van der Waals surface area contributed by atoms with Gasteiger partial charge in [-0.05, 0) is 38.7 Å². The van der Waals surface area contributed by atoms with Gasteiger partial charge < -0.3 is 34.0 Å². The molecule has 3 saturated carbocycles. The first-order valence-corrected chi connectivity index (χ1v) is 16.7. The van der Waals surface area contributed by atoms with Gasteiger partial charge in [-0.3, -0.25) is 19.2 Å². The third-order valence-electron chi connectivity index (χ3n) is 12.4. The maximum absolute atomic E-state index is 14.0. The molecule has 1 aliphatic heterocycles. The maximum Gasteiger partial charge on any atom is 0.309 e. The molecule has 1 heterocycles. The van der Waals surface area contributed by atoms with Crippen LogP contribution in [0.4, 0.5) is 0 Å². The van der Waals surface area contributed by atoms with Gasteiger partial charge in [-0.15, -0.1) is 0 Å². The average molecular weight is 647 g/mol. The molecular weight excluding hydrogens is 596 g/mol. The monoisotopic (exact) mass is 646 g/mol. The topological polar surface area (TPSA) is 166 Å². The summed E-state index contributed by atoms with van der Waals surface area (Å²) in [4.78, 5) is 65.9. The molecular formula is C35H50O11. The van der Waals surface area contributed by atoms with E-state index < -0.39 is 105 Å². The second kappa shape index (κ2) is 11.0. The summed E-state index contributed by atoms with van der Waals surface area (Å²) in [6.07, 6.45) is -1.02. The lowest BCUT2D eigenvalue weighted by atomic mass is 9.58. The minimum absolute atomic E-state index is 0.00760. The van der Waals surface area contributed by atoms with Crippen molar-refractivity contribution in [2.24, 2.45) is 40.9 Å². The van der Waals surface area contributed by atoms with Gasteiger partial charge in [0, 0.05) is 42.4 Å². The molecule has 0 aromatic carbocycles. The van der Waals surface area contributed by atoms with Gasteiger partial charge >= 0.3 is 17.9 Å². The average Bonchev–Trinajstić information content (AvgIpc) is 3.81. The molecule has 256 valence electrons. The SMILES string of the molecule is CCC(C)C(=O)OC1C(C)C2(O)C(C3OC3(CCC(C)=O)C(OC(C)=O)C3(O)C(=O)C(C)=CC32)C2C(C)(C)C12OC(=O)C(C)CC. The van der Waals surface area contributed by atoms with Gasteiger partial charge in [-0.25, -0.2) is 0 Å². The van der Waals surface area contributed by atoms with E-state index in [-0.39, 0.29) is 24.2 Å². The van der Waals surface area contributed by atoms with Crippen LogP contribution in [0, 0.1) is 40.9 Å². The van der Waals surface area contributed by atoms with Crippen LogP contribution >= 0.6 is 0 Å². The number of aliphatic hydroxyl groups is 2. The highest BCUT2D eigenvalue weighted by atomic mass is 16.7. The summed E-state index contributed by atoms with van der Waals surface area (Å²) < 4.78 is 25.0. The van der Waals surface area contributed by atoms with Crippen LogP contribution in [0.2, 0.25) is 0 Å². The van der Waals surface area contributed by atoms with Gasteiger partial charge in [0.1, 0.15) is 17.5 Å². The Balaban J connectivity index is 1.77. The van der Waals surface area contributed by atoms with Crippen molar-refractivity contribution in [1.29, 1.82) is 0 Å². The van der Waals surface area contributed by atoms with Crippen molar-refractivity contribution < 1.29 is 53.1 Å². The largest absolute Gasteiger partial charge is 0.457 e. The van der Waals surface area contributed by atoms with Crippen LogP contribution in [-0.4, -0.2) is 80.4 Å². The lowest BCUT2D eigenvalue weighted by Crippen LogP contribution is -2.69. The minimum Gasteiger partial charge on any atom is -0.457 e. The fourth-order valence-electron chi connectivity index (χ4n) is 9.33. The van der Waals surface area contributed by atoms with E-state index in [4.69, 9.17) is 18.9 Å².